The van der Waals surface area contributed by atoms with Crippen molar-refractivity contribution in [3.63, 3.8) is 0 Å². The van der Waals surface area contributed by atoms with Crippen LogP contribution in [0.5, 0.6) is 0 Å². The van der Waals surface area contributed by atoms with Crippen molar-refractivity contribution in [1.29, 1.82) is 0 Å². The molecule has 1 saturated carbocycles. The van der Waals surface area contributed by atoms with Crippen LogP contribution in [0.1, 0.15) is 67.2 Å². The van der Waals surface area contributed by atoms with Crippen LogP contribution in [0.25, 0.3) is 0 Å². The summed E-state index contributed by atoms with van der Waals surface area (Å²) in [4.78, 5) is 2.59. The fourth-order valence-electron chi connectivity index (χ4n) is 4.05. The van der Waals surface area contributed by atoms with Gasteiger partial charge in [-0.2, -0.15) is 0 Å². The van der Waals surface area contributed by atoms with E-state index in [2.05, 4.69) is 58.8 Å². The van der Waals surface area contributed by atoms with Gasteiger partial charge in [0.15, 0.2) is 0 Å². The molecule has 120 valence electrons. The summed E-state index contributed by atoms with van der Waals surface area (Å²) in [5.41, 5.74) is 0.445. The van der Waals surface area contributed by atoms with Crippen LogP contribution in [0.2, 0.25) is 0 Å². The summed E-state index contributed by atoms with van der Waals surface area (Å²) in [6.45, 7) is 16.5. The third kappa shape index (κ3) is 5.04. The highest BCUT2D eigenvalue weighted by Gasteiger charge is 2.38. The Bertz CT molecular complexity index is 273. The van der Waals surface area contributed by atoms with Crippen molar-refractivity contribution < 1.29 is 0 Å². The molecular weight excluding hydrogens is 244 g/mol. The molecule has 2 heteroatoms. The van der Waals surface area contributed by atoms with Crippen molar-refractivity contribution in [1.82, 2.24) is 10.2 Å². The van der Waals surface area contributed by atoms with Crippen LogP contribution in [0, 0.1) is 17.3 Å². The lowest BCUT2D eigenvalue weighted by atomic mass is 9.67. The van der Waals surface area contributed by atoms with Gasteiger partial charge in [0.05, 0.1) is 0 Å². The maximum atomic E-state index is 3.78. The fraction of sp³-hybridized carbons (Fsp3) is 1.00. The summed E-state index contributed by atoms with van der Waals surface area (Å²) >= 11 is 0. The summed E-state index contributed by atoms with van der Waals surface area (Å²) in [6, 6.07) is 1.37. The monoisotopic (exact) mass is 282 g/mol. The Morgan fingerprint density at radius 2 is 1.90 bits per heavy atom. The number of nitrogens with zero attached hydrogens (tertiary/aromatic N) is 1. The van der Waals surface area contributed by atoms with Crippen molar-refractivity contribution in [2.24, 2.45) is 17.3 Å². The van der Waals surface area contributed by atoms with Crippen LogP contribution in [-0.4, -0.2) is 37.1 Å². The van der Waals surface area contributed by atoms with E-state index in [4.69, 9.17) is 0 Å². The van der Waals surface area contributed by atoms with Crippen LogP contribution in [0.4, 0.5) is 0 Å². The second kappa shape index (κ2) is 7.79. The Labute approximate surface area is 127 Å². The van der Waals surface area contributed by atoms with E-state index in [0.717, 1.165) is 18.4 Å². The van der Waals surface area contributed by atoms with Gasteiger partial charge in [-0.3, -0.25) is 0 Å². The van der Waals surface area contributed by atoms with Crippen molar-refractivity contribution in [3.8, 4) is 0 Å². The van der Waals surface area contributed by atoms with Gasteiger partial charge in [-0.25, -0.2) is 0 Å². The Morgan fingerprint density at radius 1 is 1.25 bits per heavy atom. The van der Waals surface area contributed by atoms with E-state index in [-0.39, 0.29) is 0 Å². The lowest BCUT2D eigenvalue weighted by molar-refractivity contribution is 0.0744. The molecule has 0 saturated heterocycles. The molecule has 0 aromatic carbocycles. The molecule has 3 unspecified atom stereocenters. The second-order valence-electron chi connectivity index (χ2n) is 8.09. The molecule has 1 rings (SSSR count). The highest BCUT2D eigenvalue weighted by molar-refractivity contribution is 4.94. The SMILES string of the molecule is CCNC1C(CN(C)C(C)CC(C)C)CCCC1(C)C. The van der Waals surface area contributed by atoms with Crippen LogP contribution < -0.4 is 5.32 Å². The standard InChI is InChI=1S/C18H38N2/c1-8-19-17-16(10-9-11-18(17,5)6)13-20(7)15(4)12-14(2)3/h14-17,19H,8-13H2,1-7H3. The number of rotatable bonds is 7. The summed E-state index contributed by atoms with van der Waals surface area (Å²) < 4.78 is 0. The lowest BCUT2D eigenvalue weighted by Crippen LogP contribution is -2.53. The van der Waals surface area contributed by atoms with Gasteiger partial charge in [-0.05, 0) is 57.0 Å². The van der Waals surface area contributed by atoms with E-state index in [1.54, 1.807) is 0 Å². The zero-order chi connectivity index (χ0) is 15.3. The molecule has 20 heavy (non-hydrogen) atoms. The first-order valence-corrected chi connectivity index (χ1v) is 8.71. The summed E-state index contributed by atoms with van der Waals surface area (Å²) in [5.74, 6) is 1.60. The predicted molar refractivity (Wildman–Crippen MR) is 90.1 cm³/mol. The maximum absolute atomic E-state index is 3.78. The molecule has 0 aromatic rings. The van der Waals surface area contributed by atoms with Gasteiger partial charge in [0.1, 0.15) is 0 Å². The molecule has 0 spiro atoms. The molecule has 1 aliphatic carbocycles. The molecule has 0 aromatic heterocycles. The van der Waals surface area contributed by atoms with E-state index in [0.29, 0.717) is 17.5 Å². The molecule has 1 N–H and O–H groups in total. The Morgan fingerprint density at radius 3 is 2.45 bits per heavy atom. The zero-order valence-corrected chi connectivity index (χ0v) is 15.0. The van der Waals surface area contributed by atoms with E-state index in [1.807, 2.05) is 0 Å². The summed E-state index contributed by atoms with van der Waals surface area (Å²) in [6.07, 6.45) is 5.46. The molecule has 1 aliphatic rings. The van der Waals surface area contributed by atoms with Gasteiger partial charge >= 0.3 is 0 Å². The molecule has 1 fully saturated rings. The largest absolute Gasteiger partial charge is 0.313 e. The van der Waals surface area contributed by atoms with Crippen molar-refractivity contribution >= 4 is 0 Å². The maximum Gasteiger partial charge on any atom is 0.0159 e. The highest BCUT2D eigenvalue weighted by atomic mass is 15.1. The summed E-state index contributed by atoms with van der Waals surface area (Å²) in [7, 11) is 2.32. The predicted octanol–water partition coefficient (Wildman–Crippen LogP) is 4.16. The first kappa shape index (κ1) is 18.0. The smallest absolute Gasteiger partial charge is 0.0159 e. The zero-order valence-electron chi connectivity index (χ0n) is 15.0. The fourth-order valence-corrected chi connectivity index (χ4v) is 4.05. The Kier molecular flexibility index (Phi) is 7.00. The molecule has 0 aliphatic heterocycles. The molecule has 0 radical (unpaired) electrons. The average molecular weight is 283 g/mol. The topological polar surface area (TPSA) is 15.3 Å². The van der Waals surface area contributed by atoms with E-state index in [9.17, 15) is 0 Å². The van der Waals surface area contributed by atoms with Crippen LogP contribution in [0.3, 0.4) is 0 Å². The van der Waals surface area contributed by atoms with Gasteiger partial charge in [0.25, 0.3) is 0 Å². The average Bonchev–Trinajstić information content (AvgIpc) is 2.32. The normalized spacial score (nSPS) is 28.1. The van der Waals surface area contributed by atoms with Gasteiger partial charge in [0.2, 0.25) is 0 Å². The van der Waals surface area contributed by atoms with Crippen molar-refractivity contribution in [2.45, 2.75) is 79.3 Å². The Hall–Kier alpha value is -0.0800. The molecule has 0 amide bonds. The third-order valence-electron chi connectivity index (χ3n) is 5.22. The minimum absolute atomic E-state index is 0.445. The molecule has 0 heterocycles. The number of hydrogen-bond donors (Lipinski definition) is 1. The van der Waals surface area contributed by atoms with Crippen molar-refractivity contribution in [2.75, 3.05) is 20.1 Å². The third-order valence-corrected chi connectivity index (χ3v) is 5.22. The van der Waals surface area contributed by atoms with Gasteiger partial charge in [0, 0.05) is 18.6 Å². The van der Waals surface area contributed by atoms with E-state index < -0.39 is 0 Å². The van der Waals surface area contributed by atoms with Crippen molar-refractivity contribution in [3.05, 3.63) is 0 Å². The van der Waals surface area contributed by atoms with Crippen LogP contribution in [0.15, 0.2) is 0 Å². The molecule has 3 atom stereocenters. The van der Waals surface area contributed by atoms with Crippen LogP contribution in [-0.2, 0) is 0 Å². The minimum atomic E-state index is 0.445. The number of nitrogens with one attached hydrogen (secondary N) is 1. The van der Waals surface area contributed by atoms with Gasteiger partial charge in [-0.15, -0.1) is 0 Å². The van der Waals surface area contributed by atoms with Crippen LogP contribution >= 0.6 is 0 Å². The molecule has 0 bridgehead atoms. The first-order valence-electron chi connectivity index (χ1n) is 8.71. The quantitative estimate of drug-likeness (QED) is 0.754. The molecule has 2 nitrogen and oxygen atoms in total. The minimum Gasteiger partial charge on any atom is -0.313 e. The van der Waals surface area contributed by atoms with Gasteiger partial charge in [-0.1, -0.05) is 41.0 Å². The number of hydrogen-bond acceptors (Lipinski definition) is 2. The first-order chi connectivity index (χ1) is 9.27. The highest BCUT2D eigenvalue weighted by Crippen LogP contribution is 2.39. The van der Waals surface area contributed by atoms with E-state index >= 15 is 0 Å². The Balaban J connectivity index is 2.63. The second-order valence-corrected chi connectivity index (χ2v) is 8.09. The van der Waals surface area contributed by atoms with Gasteiger partial charge < -0.3 is 10.2 Å². The summed E-state index contributed by atoms with van der Waals surface area (Å²) in [5, 5.41) is 3.78. The lowest BCUT2D eigenvalue weighted by Gasteiger charge is -2.46. The van der Waals surface area contributed by atoms with E-state index in [1.165, 1.54) is 32.2 Å². The molecular formula is C18H38N2.